The molecule has 1 aromatic heterocycles. The number of ether oxygens (including phenoxy) is 1. The minimum Gasteiger partial charge on any atom is -0.469 e. The van der Waals surface area contributed by atoms with Gasteiger partial charge in [-0.05, 0) is 74.7 Å². The zero-order valence-electron chi connectivity index (χ0n) is 20.2. The summed E-state index contributed by atoms with van der Waals surface area (Å²) in [5, 5.41) is 10.3. The number of carbonyl (C=O) groups excluding carboxylic acids is 3. The van der Waals surface area contributed by atoms with Crippen molar-refractivity contribution in [3.05, 3.63) is 70.5 Å². The van der Waals surface area contributed by atoms with Crippen molar-refractivity contribution in [3.8, 4) is 5.69 Å². The summed E-state index contributed by atoms with van der Waals surface area (Å²) in [6.45, 7) is 7.55. The van der Waals surface area contributed by atoms with E-state index in [-0.39, 0.29) is 17.8 Å². The summed E-state index contributed by atoms with van der Waals surface area (Å²) < 4.78 is 6.55. The van der Waals surface area contributed by atoms with Crippen LogP contribution in [0.2, 0.25) is 0 Å². The normalized spacial score (nSPS) is 10.6. The lowest BCUT2D eigenvalue weighted by Crippen LogP contribution is -2.14. The SMILES string of the molecule is CCC(=O)Nc1ccc(C)c(NC(=O)c2ccc(-n3nc(C)c(CCC(=O)OC)c3C)cc2)c1. The van der Waals surface area contributed by atoms with Crippen LogP contribution in [-0.4, -0.2) is 34.7 Å². The van der Waals surface area contributed by atoms with E-state index in [1.54, 1.807) is 31.2 Å². The Morgan fingerprint density at radius 2 is 1.71 bits per heavy atom. The second kappa shape index (κ2) is 10.8. The number of nitrogens with zero attached hydrogens (tertiary/aromatic N) is 2. The first-order chi connectivity index (χ1) is 16.2. The Hall–Kier alpha value is -3.94. The lowest BCUT2D eigenvalue weighted by atomic mass is 10.1. The Labute approximate surface area is 199 Å². The van der Waals surface area contributed by atoms with Crippen LogP contribution >= 0.6 is 0 Å². The minimum absolute atomic E-state index is 0.0886. The number of carbonyl (C=O) groups is 3. The van der Waals surface area contributed by atoms with E-state index >= 15 is 0 Å². The van der Waals surface area contributed by atoms with Crippen molar-refractivity contribution in [2.45, 2.75) is 47.0 Å². The lowest BCUT2D eigenvalue weighted by molar-refractivity contribution is -0.140. The first kappa shape index (κ1) is 24.7. The minimum atomic E-state index is -0.254. The molecule has 34 heavy (non-hydrogen) atoms. The summed E-state index contributed by atoms with van der Waals surface area (Å²) in [6, 6.07) is 12.6. The Bertz CT molecular complexity index is 1210. The number of methoxy groups -OCH3 is 1. The highest BCUT2D eigenvalue weighted by atomic mass is 16.5. The van der Waals surface area contributed by atoms with Crippen LogP contribution in [0.4, 0.5) is 11.4 Å². The molecule has 0 saturated heterocycles. The van der Waals surface area contributed by atoms with Gasteiger partial charge in [0.15, 0.2) is 0 Å². The van der Waals surface area contributed by atoms with Crippen molar-refractivity contribution in [1.82, 2.24) is 9.78 Å². The van der Waals surface area contributed by atoms with Crippen LogP contribution in [0.25, 0.3) is 5.69 Å². The van der Waals surface area contributed by atoms with Crippen LogP contribution in [0.5, 0.6) is 0 Å². The van der Waals surface area contributed by atoms with Gasteiger partial charge in [-0.2, -0.15) is 5.10 Å². The van der Waals surface area contributed by atoms with Crippen molar-refractivity contribution in [2.75, 3.05) is 17.7 Å². The van der Waals surface area contributed by atoms with Gasteiger partial charge in [0.05, 0.1) is 18.5 Å². The lowest BCUT2D eigenvalue weighted by Gasteiger charge is -2.12. The van der Waals surface area contributed by atoms with Crippen molar-refractivity contribution >= 4 is 29.2 Å². The molecular weight excluding hydrogens is 432 g/mol. The van der Waals surface area contributed by atoms with Gasteiger partial charge in [-0.1, -0.05) is 13.0 Å². The van der Waals surface area contributed by atoms with Crippen LogP contribution in [0.1, 0.15) is 52.6 Å². The number of aryl methyl sites for hydroxylation is 2. The van der Waals surface area contributed by atoms with E-state index in [2.05, 4.69) is 15.7 Å². The van der Waals surface area contributed by atoms with E-state index in [1.165, 1.54) is 7.11 Å². The van der Waals surface area contributed by atoms with E-state index in [1.807, 2.05) is 43.7 Å². The Balaban J connectivity index is 1.75. The number of aromatic nitrogens is 2. The molecule has 0 bridgehead atoms. The van der Waals surface area contributed by atoms with Gasteiger partial charge in [0.1, 0.15) is 0 Å². The average molecular weight is 463 g/mol. The summed E-state index contributed by atoms with van der Waals surface area (Å²) in [4.78, 5) is 36.0. The van der Waals surface area contributed by atoms with Gasteiger partial charge in [0, 0.05) is 35.5 Å². The second-order valence-corrected chi connectivity index (χ2v) is 8.07. The van der Waals surface area contributed by atoms with Gasteiger partial charge >= 0.3 is 5.97 Å². The molecule has 1 heterocycles. The molecule has 2 N–H and O–H groups in total. The molecule has 3 rings (SSSR count). The van der Waals surface area contributed by atoms with Crippen LogP contribution in [0.3, 0.4) is 0 Å². The summed E-state index contributed by atoms with van der Waals surface area (Å²) in [5.74, 6) is -0.592. The zero-order chi connectivity index (χ0) is 24.8. The van der Waals surface area contributed by atoms with Crippen molar-refractivity contribution < 1.29 is 19.1 Å². The molecule has 0 unspecified atom stereocenters. The van der Waals surface area contributed by atoms with E-state index in [0.29, 0.717) is 36.2 Å². The van der Waals surface area contributed by atoms with Gasteiger partial charge < -0.3 is 15.4 Å². The molecule has 0 atom stereocenters. The number of hydrogen-bond donors (Lipinski definition) is 2. The highest BCUT2D eigenvalue weighted by Crippen LogP contribution is 2.23. The molecule has 2 amide bonds. The molecule has 0 aliphatic carbocycles. The highest BCUT2D eigenvalue weighted by Gasteiger charge is 2.15. The number of nitrogens with one attached hydrogen (secondary N) is 2. The largest absolute Gasteiger partial charge is 0.469 e. The van der Waals surface area contributed by atoms with Gasteiger partial charge in [0.25, 0.3) is 5.91 Å². The Morgan fingerprint density at radius 1 is 1.00 bits per heavy atom. The third-order valence-electron chi connectivity index (χ3n) is 5.71. The van der Waals surface area contributed by atoms with Gasteiger partial charge in [-0.3, -0.25) is 14.4 Å². The third kappa shape index (κ3) is 5.70. The number of hydrogen-bond acceptors (Lipinski definition) is 5. The first-order valence-corrected chi connectivity index (χ1v) is 11.2. The molecule has 0 aliphatic rings. The van der Waals surface area contributed by atoms with Gasteiger partial charge in [-0.15, -0.1) is 0 Å². The van der Waals surface area contributed by atoms with Crippen molar-refractivity contribution in [1.29, 1.82) is 0 Å². The Morgan fingerprint density at radius 3 is 2.35 bits per heavy atom. The molecule has 0 radical (unpaired) electrons. The molecule has 2 aromatic carbocycles. The maximum absolute atomic E-state index is 12.8. The molecule has 0 spiro atoms. The molecular formula is C26H30N4O4. The van der Waals surface area contributed by atoms with Gasteiger partial charge in [-0.25, -0.2) is 4.68 Å². The van der Waals surface area contributed by atoms with Crippen molar-refractivity contribution in [3.63, 3.8) is 0 Å². The number of benzene rings is 2. The average Bonchev–Trinajstić information content (AvgIpc) is 3.12. The predicted octanol–water partition coefficient (Wildman–Crippen LogP) is 4.50. The summed E-state index contributed by atoms with van der Waals surface area (Å²) in [5.41, 5.74) is 6.29. The summed E-state index contributed by atoms with van der Waals surface area (Å²) in [6.07, 6.45) is 1.23. The molecule has 3 aromatic rings. The second-order valence-electron chi connectivity index (χ2n) is 8.07. The fourth-order valence-electron chi connectivity index (χ4n) is 3.65. The van der Waals surface area contributed by atoms with Gasteiger partial charge in [0.2, 0.25) is 5.91 Å². The maximum Gasteiger partial charge on any atom is 0.305 e. The number of esters is 1. The summed E-state index contributed by atoms with van der Waals surface area (Å²) in [7, 11) is 1.38. The molecule has 0 fully saturated rings. The standard InChI is InChI=1S/C26H30N4O4/c1-6-24(31)27-20-10-7-16(2)23(15-20)28-26(33)19-8-11-21(12-9-19)30-18(4)22(17(3)29-30)13-14-25(32)34-5/h7-12,15H,6,13-14H2,1-5H3,(H,27,31)(H,28,33). The molecule has 0 saturated carbocycles. The molecule has 8 nitrogen and oxygen atoms in total. The predicted molar refractivity (Wildman–Crippen MR) is 131 cm³/mol. The maximum atomic E-state index is 12.8. The monoisotopic (exact) mass is 462 g/mol. The topological polar surface area (TPSA) is 102 Å². The van der Waals surface area contributed by atoms with E-state index in [9.17, 15) is 14.4 Å². The van der Waals surface area contributed by atoms with Crippen LogP contribution in [0.15, 0.2) is 42.5 Å². The first-order valence-electron chi connectivity index (χ1n) is 11.2. The highest BCUT2D eigenvalue weighted by molar-refractivity contribution is 6.05. The molecule has 0 aliphatic heterocycles. The van der Waals surface area contributed by atoms with E-state index in [0.717, 1.165) is 28.2 Å². The third-order valence-corrected chi connectivity index (χ3v) is 5.71. The zero-order valence-corrected chi connectivity index (χ0v) is 20.2. The number of rotatable bonds is 8. The quantitative estimate of drug-likeness (QED) is 0.480. The fourth-order valence-corrected chi connectivity index (χ4v) is 3.65. The molecule has 8 heteroatoms. The smallest absolute Gasteiger partial charge is 0.305 e. The van der Waals surface area contributed by atoms with Crippen molar-refractivity contribution in [2.24, 2.45) is 0 Å². The van der Waals surface area contributed by atoms with Crippen LogP contribution in [0, 0.1) is 20.8 Å². The van der Waals surface area contributed by atoms with Crippen LogP contribution in [-0.2, 0) is 20.7 Å². The summed E-state index contributed by atoms with van der Waals surface area (Å²) >= 11 is 0. The van der Waals surface area contributed by atoms with E-state index in [4.69, 9.17) is 4.74 Å². The fraction of sp³-hybridized carbons (Fsp3) is 0.308. The number of anilines is 2. The van der Waals surface area contributed by atoms with E-state index < -0.39 is 0 Å². The number of amides is 2. The van der Waals surface area contributed by atoms with Crippen LogP contribution < -0.4 is 10.6 Å². The Kier molecular flexibility index (Phi) is 7.83. The molecule has 178 valence electrons.